The molecule has 0 radical (unpaired) electrons. The molecule has 0 atom stereocenters. The Kier molecular flexibility index (Phi) is 3.77. The average molecular weight is 345 g/mol. The van der Waals surface area contributed by atoms with E-state index in [4.69, 9.17) is 5.73 Å². The van der Waals surface area contributed by atoms with Crippen molar-refractivity contribution >= 4 is 23.3 Å². The van der Waals surface area contributed by atoms with Crippen molar-refractivity contribution in [3.63, 3.8) is 0 Å². The molecular formula is C18H15N7O. The molecule has 0 aliphatic carbocycles. The molecule has 1 aromatic carbocycles. The number of primary amides is 1. The Labute approximate surface area is 148 Å². The number of amides is 1. The molecule has 1 amide bonds. The number of aromatic nitrogens is 5. The highest BCUT2D eigenvalue weighted by Crippen LogP contribution is 2.23. The molecule has 8 nitrogen and oxygen atoms in total. The number of rotatable bonds is 4. The number of fused-ring (bicyclic) bond motifs is 1. The van der Waals surface area contributed by atoms with Crippen LogP contribution >= 0.6 is 0 Å². The van der Waals surface area contributed by atoms with Crippen LogP contribution in [0.15, 0.2) is 55.0 Å². The van der Waals surface area contributed by atoms with E-state index in [-0.39, 0.29) is 0 Å². The van der Waals surface area contributed by atoms with E-state index in [0.717, 1.165) is 22.8 Å². The topological polar surface area (TPSA) is 111 Å². The number of anilines is 2. The van der Waals surface area contributed by atoms with Gasteiger partial charge in [0, 0.05) is 29.8 Å². The van der Waals surface area contributed by atoms with E-state index in [2.05, 4.69) is 25.3 Å². The maximum atomic E-state index is 11.1. The summed E-state index contributed by atoms with van der Waals surface area (Å²) in [7, 11) is 0. The van der Waals surface area contributed by atoms with Crippen molar-refractivity contribution in [2.45, 2.75) is 6.92 Å². The summed E-state index contributed by atoms with van der Waals surface area (Å²) in [5, 5.41) is 3.12. The SMILES string of the molecule is Cc1nc2ncccn2c1-c1ccnc(Nc2ccc(C(N)=O)cc2)n1. The van der Waals surface area contributed by atoms with Crippen LogP contribution in [0.3, 0.4) is 0 Å². The van der Waals surface area contributed by atoms with E-state index in [1.165, 1.54) is 0 Å². The lowest BCUT2D eigenvalue weighted by Gasteiger charge is -2.07. The quantitative estimate of drug-likeness (QED) is 0.587. The van der Waals surface area contributed by atoms with Crippen LogP contribution in [-0.4, -0.2) is 30.2 Å². The summed E-state index contributed by atoms with van der Waals surface area (Å²) in [6.07, 6.45) is 5.28. The molecule has 128 valence electrons. The largest absolute Gasteiger partial charge is 0.366 e. The van der Waals surface area contributed by atoms with Gasteiger partial charge in [-0.3, -0.25) is 9.20 Å². The molecule has 0 bridgehead atoms. The third kappa shape index (κ3) is 2.84. The van der Waals surface area contributed by atoms with Crippen molar-refractivity contribution in [1.29, 1.82) is 0 Å². The molecule has 0 aliphatic rings. The number of nitrogens with two attached hydrogens (primary N) is 1. The van der Waals surface area contributed by atoms with Gasteiger partial charge < -0.3 is 11.1 Å². The van der Waals surface area contributed by atoms with Gasteiger partial charge in [-0.05, 0) is 43.3 Å². The van der Waals surface area contributed by atoms with Crippen molar-refractivity contribution in [2.75, 3.05) is 5.32 Å². The molecule has 0 aliphatic heterocycles. The van der Waals surface area contributed by atoms with Crippen molar-refractivity contribution in [3.05, 3.63) is 66.2 Å². The third-order valence-corrected chi connectivity index (χ3v) is 3.90. The van der Waals surface area contributed by atoms with Crippen LogP contribution in [0.1, 0.15) is 16.1 Å². The summed E-state index contributed by atoms with van der Waals surface area (Å²) >= 11 is 0. The number of benzene rings is 1. The predicted octanol–water partition coefficient (Wildman–Crippen LogP) is 2.34. The fraction of sp³-hybridized carbons (Fsp3) is 0.0556. The van der Waals surface area contributed by atoms with Crippen LogP contribution in [0.25, 0.3) is 17.2 Å². The Hall–Kier alpha value is -3.81. The predicted molar refractivity (Wildman–Crippen MR) is 97.0 cm³/mol. The van der Waals surface area contributed by atoms with Gasteiger partial charge >= 0.3 is 0 Å². The number of nitrogens with one attached hydrogen (secondary N) is 1. The van der Waals surface area contributed by atoms with E-state index in [1.54, 1.807) is 36.7 Å². The van der Waals surface area contributed by atoms with Gasteiger partial charge in [0.2, 0.25) is 17.6 Å². The normalized spacial score (nSPS) is 10.8. The van der Waals surface area contributed by atoms with Crippen LogP contribution in [0.5, 0.6) is 0 Å². The first-order chi connectivity index (χ1) is 12.6. The van der Waals surface area contributed by atoms with E-state index < -0.39 is 5.91 Å². The lowest BCUT2D eigenvalue weighted by molar-refractivity contribution is 0.100. The molecule has 4 aromatic rings. The van der Waals surface area contributed by atoms with Crippen molar-refractivity contribution < 1.29 is 4.79 Å². The standard InChI is InChI=1S/C18H15N7O/c1-11-15(25-10-2-8-21-18(25)22-11)14-7-9-20-17(24-14)23-13-5-3-12(4-6-13)16(19)26/h2-10H,1H3,(H2,19,26)(H,20,23,24). The molecule has 0 saturated heterocycles. The highest BCUT2D eigenvalue weighted by Gasteiger charge is 2.13. The Morgan fingerprint density at radius 1 is 1.08 bits per heavy atom. The van der Waals surface area contributed by atoms with Crippen LogP contribution in [0.2, 0.25) is 0 Å². The summed E-state index contributed by atoms with van der Waals surface area (Å²) in [5.41, 5.74) is 8.88. The fourth-order valence-electron chi connectivity index (χ4n) is 2.70. The maximum absolute atomic E-state index is 11.1. The number of hydrogen-bond donors (Lipinski definition) is 2. The molecule has 3 heterocycles. The number of aryl methyl sites for hydroxylation is 1. The van der Waals surface area contributed by atoms with E-state index in [9.17, 15) is 4.79 Å². The first-order valence-electron chi connectivity index (χ1n) is 7.92. The second-order valence-corrected chi connectivity index (χ2v) is 5.67. The lowest BCUT2D eigenvalue weighted by Crippen LogP contribution is -2.10. The first kappa shape index (κ1) is 15.7. The second-order valence-electron chi connectivity index (χ2n) is 5.67. The molecule has 3 aromatic heterocycles. The van der Waals surface area contributed by atoms with E-state index >= 15 is 0 Å². The third-order valence-electron chi connectivity index (χ3n) is 3.90. The molecule has 0 fully saturated rings. The molecule has 8 heteroatoms. The van der Waals surface area contributed by atoms with Crippen molar-refractivity contribution in [1.82, 2.24) is 24.3 Å². The highest BCUT2D eigenvalue weighted by molar-refractivity contribution is 5.93. The van der Waals surface area contributed by atoms with Crippen LogP contribution in [-0.2, 0) is 0 Å². The van der Waals surface area contributed by atoms with Crippen LogP contribution in [0.4, 0.5) is 11.6 Å². The number of hydrogen-bond acceptors (Lipinski definition) is 6. The maximum Gasteiger partial charge on any atom is 0.248 e. The summed E-state index contributed by atoms with van der Waals surface area (Å²) < 4.78 is 1.89. The Morgan fingerprint density at radius 3 is 2.65 bits per heavy atom. The van der Waals surface area contributed by atoms with Crippen LogP contribution in [0, 0.1) is 6.92 Å². The minimum Gasteiger partial charge on any atom is -0.366 e. The summed E-state index contributed by atoms with van der Waals surface area (Å²) in [5.74, 6) is 0.592. The Morgan fingerprint density at radius 2 is 1.88 bits per heavy atom. The molecule has 0 saturated carbocycles. The van der Waals surface area contributed by atoms with Crippen LogP contribution < -0.4 is 11.1 Å². The Bertz CT molecular complexity index is 1100. The molecular weight excluding hydrogens is 330 g/mol. The van der Waals surface area contributed by atoms with Gasteiger partial charge in [-0.1, -0.05) is 0 Å². The summed E-state index contributed by atoms with van der Waals surface area (Å²) in [6, 6.07) is 10.5. The zero-order valence-electron chi connectivity index (χ0n) is 13.9. The van der Waals surface area contributed by atoms with Crippen molar-refractivity contribution in [3.8, 4) is 11.4 Å². The molecule has 3 N–H and O–H groups in total. The molecule has 26 heavy (non-hydrogen) atoms. The van der Waals surface area contributed by atoms with Gasteiger partial charge in [-0.15, -0.1) is 0 Å². The number of carbonyl (C=O) groups excluding carboxylic acids is 1. The van der Waals surface area contributed by atoms with Gasteiger partial charge in [0.15, 0.2) is 0 Å². The number of nitrogens with zero attached hydrogens (tertiary/aromatic N) is 5. The summed E-state index contributed by atoms with van der Waals surface area (Å²) in [6.45, 7) is 1.92. The number of imidazole rings is 1. The Balaban J connectivity index is 1.68. The zero-order chi connectivity index (χ0) is 18.1. The second kappa shape index (κ2) is 6.25. The van der Waals surface area contributed by atoms with E-state index in [0.29, 0.717) is 17.3 Å². The minimum atomic E-state index is -0.466. The van der Waals surface area contributed by atoms with Gasteiger partial charge in [-0.2, -0.15) is 0 Å². The monoisotopic (exact) mass is 345 g/mol. The lowest BCUT2D eigenvalue weighted by atomic mass is 10.2. The van der Waals surface area contributed by atoms with Crippen molar-refractivity contribution in [2.24, 2.45) is 5.73 Å². The first-order valence-corrected chi connectivity index (χ1v) is 7.92. The average Bonchev–Trinajstić information content (AvgIpc) is 2.98. The highest BCUT2D eigenvalue weighted by atomic mass is 16.1. The molecule has 0 spiro atoms. The van der Waals surface area contributed by atoms with Gasteiger partial charge in [0.05, 0.1) is 17.1 Å². The van der Waals surface area contributed by atoms with Gasteiger partial charge in [-0.25, -0.2) is 19.9 Å². The summed E-state index contributed by atoms with van der Waals surface area (Å²) in [4.78, 5) is 28.7. The van der Waals surface area contributed by atoms with Gasteiger partial charge in [0.1, 0.15) is 0 Å². The fourth-order valence-corrected chi connectivity index (χ4v) is 2.70. The molecule has 0 unspecified atom stereocenters. The van der Waals surface area contributed by atoms with E-state index in [1.807, 2.05) is 29.7 Å². The smallest absolute Gasteiger partial charge is 0.248 e. The molecule has 4 rings (SSSR count). The number of carbonyl (C=O) groups is 1. The van der Waals surface area contributed by atoms with Gasteiger partial charge in [0.25, 0.3) is 0 Å². The zero-order valence-corrected chi connectivity index (χ0v) is 13.9. The minimum absolute atomic E-state index is 0.438.